The third kappa shape index (κ3) is 4.06. The first kappa shape index (κ1) is 19.6. The Bertz CT molecular complexity index is 935. The lowest BCUT2D eigenvalue weighted by Gasteiger charge is -2.35. The topological polar surface area (TPSA) is 69.6 Å². The second kappa shape index (κ2) is 7.44. The Kier molecular flexibility index (Phi) is 5.39. The quantitative estimate of drug-likeness (QED) is 0.796. The highest BCUT2D eigenvalue weighted by Gasteiger charge is 2.30. The van der Waals surface area contributed by atoms with Crippen molar-refractivity contribution in [2.45, 2.75) is 25.7 Å². The molecule has 1 aliphatic heterocycles. The monoisotopic (exact) mass is 389 g/mol. The fourth-order valence-corrected chi connectivity index (χ4v) is 4.94. The van der Waals surface area contributed by atoms with Gasteiger partial charge in [-0.3, -0.25) is 0 Å². The summed E-state index contributed by atoms with van der Waals surface area (Å²) in [6.45, 7) is 7.78. The van der Waals surface area contributed by atoms with Gasteiger partial charge in [0, 0.05) is 46.3 Å². The van der Waals surface area contributed by atoms with Gasteiger partial charge in [0.05, 0.1) is 4.90 Å². The van der Waals surface area contributed by atoms with Gasteiger partial charge in [-0.2, -0.15) is 4.31 Å². The summed E-state index contributed by atoms with van der Waals surface area (Å²) in [6.07, 6.45) is 0. The van der Waals surface area contributed by atoms with Crippen molar-refractivity contribution in [3.05, 3.63) is 41.2 Å². The fourth-order valence-electron chi connectivity index (χ4n) is 3.31. The standard InChI is InChI=1S/C19H27N5O2S/c1-14-6-7-17(15(2)12-14)27(25,26)24-10-8-23(9-11-24)19-13-18(22(4)5)20-16(3)21-19/h6-7,12-13H,8-11H2,1-5H3. The predicted molar refractivity (Wildman–Crippen MR) is 108 cm³/mol. The summed E-state index contributed by atoms with van der Waals surface area (Å²) >= 11 is 0. The number of aromatic nitrogens is 2. The van der Waals surface area contributed by atoms with Crippen LogP contribution in [0.5, 0.6) is 0 Å². The van der Waals surface area contributed by atoms with Gasteiger partial charge in [-0.25, -0.2) is 18.4 Å². The Morgan fingerprint density at radius 1 is 0.963 bits per heavy atom. The molecule has 27 heavy (non-hydrogen) atoms. The number of hydrogen-bond acceptors (Lipinski definition) is 6. The van der Waals surface area contributed by atoms with Crippen molar-refractivity contribution in [1.29, 1.82) is 0 Å². The molecule has 0 atom stereocenters. The Balaban J connectivity index is 1.77. The first-order valence-electron chi connectivity index (χ1n) is 9.04. The molecule has 1 fully saturated rings. The van der Waals surface area contributed by atoms with Crippen LogP contribution in [0.3, 0.4) is 0 Å². The maximum atomic E-state index is 13.0. The molecule has 1 aromatic carbocycles. The molecular weight excluding hydrogens is 362 g/mol. The van der Waals surface area contributed by atoms with Gasteiger partial charge in [0.2, 0.25) is 10.0 Å². The van der Waals surface area contributed by atoms with Crippen molar-refractivity contribution in [3.63, 3.8) is 0 Å². The Morgan fingerprint density at radius 2 is 1.63 bits per heavy atom. The van der Waals surface area contributed by atoms with E-state index < -0.39 is 10.0 Å². The van der Waals surface area contributed by atoms with Crippen LogP contribution in [-0.4, -0.2) is 63.0 Å². The highest BCUT2D eigenvalue weighted by atomic mass is 32.2. The maximum Gasteiger partial charge on any atom is 0.243 e. The minimum Gasteiger partial charge on any atom is -0.363 e. The number of anilines is 2. The molecule has 1 saturated heterocycles. The van der Waals surface area contributed by atoms with Crippen molar-refractivity contribution < 1.29 is 8.42 Å². The zero-order valence-corrected chi connectivity index (χ0v) is 17.4. The van der Waals surface area contributed by atoms with E-state index in [9.17, 15) is 8.42 Å². The van der Waals surface area contributed by atoms with Crippen LogP contribution in [0, 0.1) is 20.8 Å². The van der Waals surface area contributed by atoms with Crippen LogP contribution < -0.4 is 9.80 Å². The van der Waals surface area contributed by atoms with Crippen LogP contribution in [0.1, 0.15) is 17.0 Å². The summed E-state index contributed by atoms with van der Waals surface area (Å²) in [6, 6.07) is 7.42. The Hall–Kier alpha value is -2.19. The van der Waals surface area contributed by atoms with Crippen molar-refractivity contribution in [2.24, 2.45) is 0 Å². The molecule has 0 N–H and O–H groups in total. The second-order valence-corrected chi connectivity index (χ2v) is 9.09. The smallest absolute Gasteiger partial charge is 0.243 e. The minimum atomic E-state index is -3.48. The second-order valence-electron chi connectivity index (χ2n) is 7.19. The average Bonchev–Trinajstić information content (AvgIpc) is 2.61. The normalized spacial score (nSPS) is 15.8. The first-order chi connectivity index (χ1) is 12.7. The number of piperazine rings is 1. The lowest BCUT2D eigenvalue weighted by molar-refractivity contribution is 0.383. The molecule has 8 heteroatoms. The number of nitrogens with zero attached hydrogens (tertiary/aromatic N) is 5. The molecule has 146 valence electrons. The molecule has 2 heterocycles. The van der Waals surface area contributed by atoms with Crippen molar-refractivity contribution in [2.75, 3.05) is 50.1 Å². The molecule has 3 rings (SSSR count). The summed E-state index contributed by atoms with van der Waals surface area (Å²) in [5.41, 5.74) is 1.85. The van der Waals surface area contributed by atoms with E-state index in [1.165, 1.54) is 0 Å². The maximum absolute atomic E-state index is 13.0. The number of aryl methyl sites for hydroxylation is 3. The molecule has 1 aromatic heterocycles. The van der Waals surface area contributed by atoms with E-state index in [1.807, 2.05) is 58.0 Å². The first-order valence-corrected chi connectivity index (χ1v) is 10.5. The molecule has 0 amide bonds. The van der Waals surface area contributed by atoms with E-state index >= 15 is 0 Å². The van der Waals surface area contributed by atoms with Crippen LogP contribution in [0.4, 0.5) is 11.6 Å². The third-order valence-corrected chi connectivity index (χ3v) is 6.84. The van der Waals surface area contributed by atoms with Gasteiger partial charge in [0.1, 0.15) is 17.5 Å². The van der Waals surface area contributed by atoms with Crippen LogP contribution in [-0.2, 0) is 10.0 Å². The van der Waals surface area contributed by atoms with Crippen LogP contribution in [0.2, 0.25) is 0 Å². The highest BCUT2D eigenvalue weighted by Crippen LogP contribution is 2.24. The van der Waals surface area contributed by atoms with Crippen LogP contribution in [0.15, 0.2) is 29.2 Å². The van der Waals surface area contributed by atoms with E-state index in [4.69, 9.17) is 0 Å². The lowest BCUT2D eigenvalue weighted by Crippen LogP contribution is -2.49. The molecule has 0 unspecified atom stereocenters. The summed E-state index contributed by atoms with van der Waals surface area (Å²) in [5, 5.41) is 0. The molecular formula is C19H27N5O2S. The summed E-state index contributed by atoms with van der Waals surface area (Å²) in [4.78, 5) is 13.4. The highest BCUT2D eigenvalue weighted by molar-refractivity contribution is 7.89. The van der Waals surface area contributed by atoms with Crippen molar-refractivity contribution in [3.8, 4) is 0 Å². The minimum absolute atomic E-state index is 0.398. The van der Waals surface area contributed by atoms with E-state index in [0.717, 1.165) is 22.8 Å². The number of benzene rings is 1. The molecule has 0 radical (unpaired) electrons. The van der Waals surface area contributed by atoms with Gasteiger partial charge in [-0.15, -0.1) is 0 Å². The molecule has 1 aliphatic rings. The number of sulfonamides is 1. The Morgan fingerprint density at radius 3 is 2.22 bits per heavy atom. The summed E-state index contributed by atoms with van der Waals surface area (Å²) in [7, 11) is 0.410. The van der Waals surface area contributed by atoms with E-state index in [-0.39, 0.29) is 0 Å². The zero-order chi connectivity index (χ0) is 19.8. The molecule has 7 nitrogen and oxygen atoms in total. The lowest BCUT2D eigenvalue weighted by atomic mass is 10.2. The van der Waals surface area contributed by atoms with Gasteiger partial charge in [0.25, 0.3) is 0 Å². The third-order valence-electron chi connectivity index (χ3n) is 4.78. The molecule has 0 bridgehead atoms. The predicted octanol–water partition coefficient (Wildman–Crippen LogP) is 1.98. The summed E-state index contributed by atoms with van der Waals surface area (Å²) in [5.74, 6) is 2.40. The summed E-state index contributed by atoms with van der Waals surface area (Å²) < 4.78 is 27.6. The van der Waals surface area contributed by atoms with Crippen LogP contribution in [0.25, 0.3) is 0 Å². The molecule has 0 saturated carbocycles. The van der Waals surface area contributed by atoms with E-state index in [0.29, 0.717) is 36.9 Å². The van der Waals surface area contributed by atoms with Gasteiger partial charge >= 0.3 is 0 Å². The molecule has 0 spiro atoms. The van der Waals surface area contributed by atoms with Gasteiger partial charge in [-0.1, -0.05) is 17.7 Å². The average molecular weight is 390 g/mol. The molecule has 2 aromatic rings. The van der Waals surface area contributed by atoms with E-state index in [2.05, 4.69) is 14.9 Å². The van der Waals surface area contributed by atoms with E-state index in [1.54, 1.807) is 10.4 Å². The van der Waals surface area contributed by atoms with Crippen LogP contribution >= 0.6 is 0 Å². The van der Waals surface area contributed by atoms with Crippen molar-refractivity contribution >= 4 is 21.7 Å². The Labute approximate surface area is 161 Å². The van der Waals surface area contributed by atoms with Crippen molar-refractivity contribution in [1.82, 2.24) is 14.3 Å². The van der Waals surface area contributed by atoms with Gasteiger partial charge < -0.3 is 9.80 Å². The molecule has 0 aliphatic carbocycles. The zero-order valence-electron chi connectivity index (χ0n) is 16.6. The SMILES string of the molecule is Cc1ccc(S(=O)(=O)N2CCN(c3cc(N(C)C)nc(C)n3)CC2)c(C)c1. The number of hydrogen-bond donors (Lipinski definition) is 0. The fraction of sp³-hybridized carbons (Fsp3) is 0.474. The van der Waals surface area contributed by atoms with Gasteiger partial charge in [0.15, 0.2) is 0 Å². The largest absolute Gasteiger partial charge is 0.363 e. The van der Waals surface area contributed by atoms with Gasteiger partial charge in [-0.05, 0) is 32.4 Å². The number of rotatable bonds is 4.